The molecule has 0 saturated carbocycles. The van der Waals surface area contributed by atoms with Crippen LogP contribution in [0.2, 0.25) is 0 Å². The van der Waals surface area contributed by atoms with Gasteiger partial charge in [-0.1, -0.05) is 27.2 Å². The van der Waals surface area contributed by atoms with Gasteiger partial charge in [-0.15, -0.1) is 11.3 Å². The summed E-state index contributed by atoms with van der Waals surface area (Å²) in [6.07, 6.45) is 2.55. The Kier molecular flexibility index (Phi) is 6.30. The molecule has 0 aliphatic heterocycles. The molecule has 0 aliphatic carbocycles. The van der Waals surface area contributed by atoms with Crippen LogP contribution in [0.3, 0.4) is 0 Å². The van der Waals surface area contributed by atoms with Crippen molar-refractivity contribution in [3.63, 3.8) is 0 Å². The third kappa shape index (κ3) is 5.37. The summed E-state index contributed by atoms with van der Waals surface area (Å²) < 4.78 is 25.2. The summed E-state index contributed by atoms with van der Waals surface area (Å²) in [7, 11) is -3.45. The van der Waals surface area contributed by atoms with Crippen LogP contribution in [-0.4, -0.2) is 31.6 Å². The first-order chi connectivity index (χ1) is 9.67. The van der Waals surface area contributed by atoms with Gasteiger partial charge >= 0.3 is 0 Å². The first kappa shape index (κ1) is 18.1. The van der Waals surface area contributed by atoms with E-state index in [9.17, 15) is 13.2 Å². The van der Waals surface area contributed by atoms with Gasteiger partial charge in [0.2, 0.25) is 15.9 Å². The lowest BCUT2D eigenvalue weighted by molar-refractivity contribution is -0.118. The SMILES string of the molecule is CCc1nc(NC(=O)C(NS(C)(=O)=O)C(C)CC)sc1C. The van der Waals surface area contributed by atoms with E-state index in [1.165, 1.54) is 11.3 Å². The lowest BCUT2D eigenvalue weighted by Gasteiger charge is -2.21. The zero-order valence-corrected chi connectivity index (χ0v) is 14.7. The second kappa shape index (κ2) is 7.33. The molecule has 0 saturated heterocycles. The van der Waals surface area contributed by atoms with Crippen molar-refractivity contribution < 1.29 is 13.2 Å². The van der Waals surface area contributed by atoms with Crippen molar-refractivity contribution in [2.75, 3.05) is 11.6 Å². The molecule has 8 heteroatoms. The number of aromatic nitrogens is 1. The fourth-order valence-electron chi connectivity index (χ4n) is 1.89. The molecule has 0 bridgehead atoms. The Morgan fingerprint density at radius 1 is 1.38 bits per heavy atom. The fraction of sp³-hybridized carbons (Fsp3) is 0.692. The Bertz CT molecular complexity index is 596. The molecule has 2 N–H and O–H groups in total. The minimum Gasteiger partial charge on any atom is -0.301 e. The summed E-state index contributed by atoms with van der Waals surface area (Å²) in [5.41, 5.74) is 0.950. The number of carbonyl (C=O) groups is 1. The third-order valence-corrected chi connectivity index (χ3v) is 4.90. The minimum atomic E-state index is -3.45. The molecule has 2 atom stereocenters. The number of anilines is 1. The molecule has 0 radical (unpaired) electrons. The quantitative estimate of drug-likeness (QED) is 0.798. The summed E-state index contributed by atoms with van der Waals surface area (Å²) in [4.78, 5) is 17.7. The zero-order chi connectivity index (χ0) is 16.2. The standard InChI is InChI=1S/C13H23N3O3S2/c1-6-8(3)11(16-21(5,18)19)12(17)15-13-14-10(7-2)9(4)20-13/h8,11,16H,6-7H2,1-5H3,(H,14,15,17). The van der Waals surface area contributed by atoms with E-state index in [1.807, 2.05) is 27.7 Å². The Labute approximate surface area is 130 Å². The maximum absolute atomic E-state index is 12.3. The van der Waals surface area contributed by atoms with Crippen molar-refractivity contribution >= 4 is 32.4 Å². The van der Waals surface area contributed by atoms with E-state index in [2.05, 4.69) is 15.0 Å². The summed E-state index contributed by atoms with van der Waals surface area (Å²) in [6.45, 7) is 7.71. The first-order valence-corrected chi connectivity index (χ1v) is 9.63. The van der Waals surface area contributed by atoms with Crippen molar-refractivity contribution in [3.05, 3.63) is 10.6 Å². The first-order valence-electron chi connectivity index (χ1n) is 6.92. The van der Waals surface area contributed by atoms with Crippen LogP contribution in [0.15, 0.2) is 0 Å². The predicted octanol–water partition coefficient (Wildman–Crippen LogP) is 1.92. The number of thiazole rings is 1. The van der Waals surface area contributed by atoms with Crippen LogP contribution in [0.25, 0.3) is 0 Å². The van der Waals surface area contributed by atoms with Gasteiger partial charge in [0.1, 0.15) is 6.04 Å². The fourth-order valence-corrected chi connectivity index (χ4v) is 3.59. The molecule has 1 heterocycles. The largest absolute Gasteiger partial charge is 0.301 e. The van der Waals surface area contributed by atoms with Crippen molar-refractivity contribution in [2.24, 2.45) is 5.92 Å². The number of hydrogen-bond donors (Lipinski definition) is 2. The number of hydrogen-bond acceptors (Lipinski definition) is 5. The maximum Gasteiger partial charge on any atom is 0.244 e. The van der Waals surface area contributed by atoms with E-state index in [0.717, 1.165) is 23.2 Å². The summed E-state index contributed by atoms with van der Waals surface area (Å²) in [5.74, 6) is -0.474. The van der Waals surface area contributed by atoms with Crippen molar-refractivity contribution in [1.29, 1.82) is 0 Å². The van der Waals surface area contributed by atoms with Gasteiger partial charge < -0.3 is 5.32 Å². The van der Waals surface area contributed by atoms with E-state index in [4.69, 9.17) is 0 Å². The van der Waals surface area contributed by atoms with Crippen molar-refractivity contribution in [2.45, 2.75) is 46.6 Å². The van der Waals surface area contributed by atoms with Gasteiger partial charge in [-0.3, -0.25) is 4.79 Å². The van der Waals surface area contributed by atoms with E-state index in [-0.39, 0.29) is 11.8 Å². The topological polar surface area (TPSA) is 88.2 Å². The summed E-state index contributed by atoms with van der Waals surface area (Å²) in [6, 6.07) is -0.792. The molecule has 0 aliphatic rings. The smallest absolute Gasteiger partial charge is 0.244 e. The Hall–Kier alpha value is -0.990. The third-order valence-electron chi connectivity index (χ3n) is 3.29. The lowest BCUT2D eigenvalue weighted by Crippen LogP contribution is -2.47. The van der Waals surface area contributed by atoms with Gasteiger partial charge in [0, 0.05) is 4.88 Å². The molecule has 1 rings (SSSR count). The highest BCUT2D eigenvalue weighted by Gasteiger charge is 2.27. The van der Waals surface area contributed by atoms with Crippen LogP contribution in [0.1, 0.15) is 37.8 Å². The van der Waals surface area contributed by atoms with Crippen LogP contribution in [0.5, 0.6) is 0 Å². The van der Waals surface area contributed by atoms with Crippen LogP contribution >= 0.6 is 11.3 Å². The summed E-state index contributed by atoms with van der Waals surface area (Å²) in [5, 5.41) is 3.23. The summed E-state index contributed by atoms with van der Waals surface area (Å²) >= 11 is 1.40. The molecule has 120 valence electrons. The zero-order valence-electron chi connectivity index (χ0n) is 13.1. The second-order valence-electron chi connectivity index (χ2n) is 5.12. The highest BCUT2D eigenvalue weighted by Crippen LogP contribution is 2.23. The highest BCUT2D eigenvalue weighted by atomic mass is 32.2. The number of rotatable bonds is 7. The highest BCUT2D eigenvalue weighted by molar-refractivity contribution is 7.88. The molecule has 1 aromatic rings. The average molecular weight is 333 g/mol. The lowest BCUT2D eigenvalue weighted by atomic mass is 9.99. The molecule has 6 nitrogen and oxygen atoms in total. The van der Waals surface area contributed by atoms with Gasteiger partial charge in [-0.05, 0) is 19.3 Å². The van der Waals surface area contributed by atoms with E-state index >= 15 is 0 Å². The number of aryl methyl sites for hydroxylation is 2. The normalized spacial score (nSPS) is 14.7. The Morgan fingerprint density at radius 2 is 2.00 bits per heavy atom. The monoisotopic (exact) mass is 333 g/mol. The number of nitrogens with zero attached hydrogens (tertiary/aromatic N) is 1. The number of amides is 1. The van der Waals surface area contributed by atoms with E-state index in [1.54, 1.807) is 0 Å². The number of nitrogens with one attached hydrogen (secondary N) is 2. The molecular formula is C13H23N3O3S2. The molecule has 1 amide bonds. The minimum absolute atomic E-state index is 0.105. The van der Waals surface area contributed by atoms with Gasteiger partial charge in [0.25, 0.3) is 0 Å². The second-order valence-corrected chi connectivity index (χ2v) is 8.10. The number of sulfonamides is 1. The van der Waals surface area contributed by atoms with E-state index in [0.29, 0.717) is 11.6 Å². The van der Waals surface area contributed by atoms with Gasteiger partial charge in [0.05, 0.1) is 11.9 Å². The molecular weight excluding hydrogens is 310 g/mol. The number of carbonyl (C=O) groups excluding carboxylic acids is 1. The molecule has 2 unspecified atom stereocenters. The van der Waals surface area contributed by atoms with Gasteiger partial charge in [-0.25, -0.2) is 18.1 Å². The van der Waals surface area contributed by atoms with Crippen LogP contribution in [0.4, 0.5) is 5.13 Å². The van der Waals surface area contributed by atoms with Gasteiger partial charge in [0.15, 0.2) is 5.13 Å². The Morgan fingerprint density at radius 3 is 2.43 bits per heavy atom. The molecule has 0 fully saturated rings. The van der Waals surface area contributed by atoms with Crippen molar-refractivity contribution in [3.8, 4) is 0 Å². The molecule has 21 heavy (non-hydrogen) atoms. The maximum atomic E-state index is 12.3. The van der Waals surface area contributed by atoms with E-state index < -0.39 is 16.1 Å². The molecule has 0 aromatic carbocycles. The van der Waals surface area contributed by atoms with Crippen LogP contribution in [-0.2, 0) is 21.2 Å². The molecule has 0 spiro atoms. The van der Waals surface area contributed by atoms with Crippen LogP contribution in [0, 0.1) is 12.8 Å². The average Bonchev–Trinajstić information content (AvgIpc) is 2.73. The van der Waals surface area contributed by atoms with Crippen molar-refractivity contribution in [1.82, 2.24) is 9.71 Å². The molecule has 1 aromatic heterocycles. The Balaban J connectivity index is 2.89. The van der Waals surface area contributed by atoms with Crippen LogP contribution < -0.4 is 10.0 Å². The predicted molar refractivity (Wildman–Crippen MR) is 86.1 cm³/mol. The van der Waals surface area contributed by atoms with Gasteiger partial charge in [-0.2, -0.15) is 0 Å².